The van der Waals surface area contributed by atoms with Crippen molar-refractivity contribution in [3.63, 3.8) is 0 Å². The monoisotopic (exact) mass is 293 g/mol. The van der Waals surface area contributed by atoms with E-state index in [1.807, 2.05) is 24.1 Å². The van der Waals surface area contributed by atoms with Crippen molar-refractivity contribution in [3.05, 3.63) is 59.8 Å². The van der Waals surface area contributed by atoms with E-state index in [4.69, 9.17) is 0 Å². The van der Waals surface area contributed by atoms with Crippen LogP contribution in [-0.4, -0.2) is 24.2 Å². The van der Waals surface area contributed by atoms with E-state index >= 15 is 0 Å². The van der Waals surface area contributed by atoms with Gasteiger partial charge in [0, 0.05) is 75.3 Å². The van der Waals surface area contributed by atoms with Crippen LogP contribution in [0, 0.1) is 0 Å². The molecule has 1 aliphatic rings. The molecule has 0 N–H and O–H groups in total. The average molecular weight is 293 g/mol. The number of rotatable bonds is 2. The van der Waals surface area contributed by atoms with Crippen LogP contribution in [-0.2, 0) is 33.7 Å². The Morgan fingerprint density at radius 1 is 1.09 bits per heavy atom. The van der Waals surface area contributed by atoms with Gasteiger partial charge in [-0.25, -0.2) is 0 Å². The molecule has 1 aliphatic heterocycles. The molecule has 0 bridgehead atoms. The van der Waals surface area contributed by atoms with Crippen molar-refractivity contribution in [1.82, 2.24) is 24.2 Å². The normalized spacial score (nSPS) is 14.5. The minimum atomic E-state index is 0.917. The van der Waals surface area contributed by atoms with E-state index in [9.17, 15) is 0 Å². The molecule has 0 saturated carbocycles. The van der Waals surface area contributed by atoms with Gasteiger partial charge in [-0.05, 0) is 23.8 Å². The van der Waals surface area contributed by atoms with Crippen molar-refractivity contribution < 1.29 is 0 Å². The van der Waals surface area contributed by atoms with Gasteiger partial charge in [0.25, 0.3) is 0 Å². The smallest absolute Gasteiger partial charge is 0.0986 e. The second-order valence-electron chi connectivity index (χ2n) is 5.96. The summed E-state index contributed by atoms with van der Waals surface area (Å²) in [4.78, 5) is 6.56. The quantitative estimate of drug-likeness (QED) is 0.728. The highest BCUT2D eigenvalue weighted by atomic mass is 15.3. The molecule has 0 radical (unpaired) electrons. The first-order chi connectivity index (χ1) is 10.7. The Hall–Kier alpha value is -2.40. The summed E-state index contributed by atoms with van der Waals surface area (Å²) in [5, 5.41) is 4.67. The third-order valence-electron chi connectivity index (χ3n) is 4.28. The van der Waals surface area contributed by atoms with Crippen molar-refractivity contribution in [2.45, 2.75) is 19.6 Å². The fourth-order valence-corrected chi connectivity index (χ4v) is 3.22. The Bertz CT molecular complexity index is 800. The van der Waals surface area contributed by atoms with Crippen LogP contribution in [0.15, 0.2) is 43.0 Å². The summed E-state index contributed by atoms with van der Waals surface area (Å²) >= 11 is 0. The molecule has 0 fully saturated rings. The summed E-state index contributed by atoms with van der Waals surface area (Å²) < 4.78 is 4.12. The fourth-order valence-electron chi connectivity index (χ4n) is 3.22. The minimum absolute atomic E-state index is 0.917. The standard InChI is InChI=1S/C17H19N5/c1-20-8-5-15-16(20)12-22(9-13-3-6-18-7-4-13)11-14-10-21(2)19-17(14)15/h3-8,10H,9,11-12H2,1-2H3. The van der Waals surface area contributed by atoms with E-state index in [1.54, 1.807) is 0 Å². The van der Waals surface area contributed by atoms with Gasteiger partial charge < -0.3 is 4.57 Å². The molecule has 0 spiro atoms. The van der Waals surface area contributed by atoms with E-state index in [0.717, 1.165) is 25.3 Å². The summed E-state index contributed by atoms with van der Waals surface area (Å²) in [6, 6.07) is 6.35. The van der Waals surface area contributed by atoms with Gasteiger partial charge in [0.1, 0.15) is 0 Å². The third-order valence-corrected chi connectivity index (χ3v) is 4.28. The van der Waals surface area contributed by atoms with Crippen LogP contribution < -0.4 is 0 Å². The fraction of sp³-hybridized carbons (Fsp3) is 0.294. The lowest BCUT2D eigenvalue weighted by Gasteiger charge is -2.21. The number of nitrogens with zero attached hydrogens (tertiary/aromatic N) is 5. The zero-order chi connectivity index (χ0) is 15.1. The Kier molecular flexibility index (Phi) is 3.08. The molecule has 0 saturated heterocycles. The van der Waals surface area contributed by atoms with Gasteiger partial charge in [0.05, 0.1) is 5.69 Å². The van der Waals surface area contributed by atoms with Gasteiger partial charge in [-0.15, -0.1) is 0 Å². The second kappa shape index (κ2) is 5.10. The molecule has 0 unspecified atom stereocenters. The predicted molar refractivity (Wildman–Crippen MR) is 84.8 cm³/mol. The first kappa shape index (κ1) is 13.3. The molecule has 5 nitrogen and oxygen atoms in total. The van der Waals surface area contributed by atoms with E-state index in [1.165, 1.54) is 22.4 Å². The zero-order valence-corrected chi connectivity index (χ0v) is 12.9. The molecule has 0 atom stereocenters. The third kappa shape index (κ3) is 2.23. The van der Waals surface area contributed by atoms with Crippen LogP contribution in [0.25, 0.3) is 11.3 Å². The molecule has 22 heavy (non-hydrogen) atoms. The Labute approximate surface area is 129 Å². The number of aromatic nitrogens is 4. The topological polar surface area (TPSA) is 38.9 Å². The molecule has 4 heterocycles. The predicted octanol–water partition coefficient (Wildman–Crippen LogP) is 2.34. The summed E-state index contributed by atoms with van der Waals surface area (Å²) in [6.45, 7) is 2.77. The van der Waals surface area contributed by atoms with Crippen molar-refractivity contribution in [2.24, 2.45) is 14.1 Å². The first-order valence-corrected chi connectivity index (χ1v) is 7.49. The molecule has 3 aromatic rings. The van der Waals surface area contributed by atoms with E-state index < -0.39 is 0 Å². The maximum Gasteiger partial charge on any atom is 0.0986 e. The summed E-state index contributed by atoms with van der Waals surface area (Å²) in [5.74, 6) is 0. The van der Waals surface area contributed by atoms with E-state index in [0.29, 0.717) is 0 Å². The lowest BCUT2D eigenvalue weighted by atomic mass is 10.1. The molecule has 0 aliphatic carbocycles. The van der Waals surface area contributed by atoms with Gasteiger partial charge in [-0.3, -0.25) is 14.6 Å². The van der Waals surface area contributed by atoms with Crippen LogP contribution in [0.4, 0.5) is 0 Å². The minimum Gasteiger partial charge on any atom is -0.353 e. The largest absolute Gasteiger partial charge is 0.353 e. The second-order valence-corrected chi connectivity index (χ2v) is 5.96. The van der Waals surface area contributed by atoms with Crippen molar-refractivity contribution >= 4 is 0 Å². The summed E-state index contributed by atoms with van der Waals surface area (Å²) in [6.07, 6.45) is 7.98. The molecule has 112 valence electrons. The molecular formula is C17H19N5. The Balaban J connectivity index is 1.74. The van der Waals surface area contributed by atoms with Crippen LogP contribution in [0.1, 0.15) is 16.8 Å². The van der Waals surface area contributed by atoms with Crippen LogP contribution in [0.3, 0.4) is 0 Å². The van der Waals surface area contributed by atoms with Crippen molar-refractivity contribution in [3.8, 4) is 11.3 Å². The van der Waals surface area contributed by atoms with Gasteiger partial charge in [-0.1, -0.05) is 0 Å². The van der Waals surface area contributed by atoms with Crippen molar-refractivity contribution in [2.75, 3.05) is 0 Å². The number of pyridine rings is 1. The highest BCUT2D eigenvalue weighted by Gasteiger charge is 2.24. The van der Waals surface area contributed by atoms with Crippen LogP contribution in [0.5, 0.6) is 0 Å². The number of fused-ring (bicyclic) bond motifs is 3. The van der Waals surface area contributed by atoms with Crippen LogP contribution in [0.2, 0.25) is 0 Å². The van der Waals surface area contributed by atoms with Gasteiger partial charge in [-0.2, -0.15) is 5.10 Å². The molecule has 5 heteroatoms. The average Bonchev–Trinajstić information content (AvgIpc) is 3.00. The lowest BCUT2D eigenvalue weighted by molar-refractivity contribution is 0.245. The molecule has 4 rings (SSSR count). The molecule has 0 amide bonds. The van der Waals surface area contributed by atoms with Gasteiger partial charge in [0.2, 0.25) is 0 Å². The van der Waals surface area contributed by atoms with Gasteiger partial charge in [0.15, 0.2) is 0 Å². The highest BCUT2D eigenvalue weighted by molar-refractivity contribution is 5.66. The summed E-state index contributed by atoms with van der Waals surface area (Å²) in [7, 11) is 4.10. The zero-order valence-electron chi connectivity index (χ0n) is 12.9. The number of hydrogen-bond donors (Lipinski definition) is 0. The number of hydrogen-bond acceptors (Lipinski definition) is 3. The summed E-state index contributed by atoms with van der Waals surface area (Å²) in [5.41, 5.74) is 6.29. The van der Waals surface area contributed by atoms with E-state index in [-0.39, 0.29) is 0 Å². The van der Waals surface area contributed by atoms with Crippen LogP contribution >= 0.6 is 0 Å². The Morgan fingerprint density at radius 3 is 2.73 bits per heavy atom. The molecule has 3 aromatic heterocycles. The molecule has 0 aromatic carbocycles. The van der Waals surface area contributed by atoms with Gasteiger partial charge >= 0.3 is 0 Å². The number of aryl methyl sites for hydroxylation is 2. The highest BCUT2D eigenvalue weighted by Crippen LogP contribution is 2.32. The molecular weight excluding hydrogens is 274 g/mol. The SMILES string of the molecule is Cn1cc2c(n1)-c1ccn(C)c1CN(Cc1ccncc1)C2. The maximum atomic E-state index is 4.67. The maximum absolute atomic E-state index is 4.67. The lowest BCUT2D eigenvalue weighted by Crippen LogP contribution is -2.22. The first-order valence-electron chi connectivity index (χ1n) is 7.49. The van der Waals surface area contributed by atoms with E-state index in [2.05, 4.69) is 57.2 Å². The van der Waals surface area contributed by atoms with Crippen molar-refractivity contribution in [1.29, 1.82) is 0 Å². The Morgan fingerprint density at radius 2 is 1.91 bits per heavy atom.